The molecular formula is C20H21FO2S. The third-order valence-electron chi connectivity index (χ3n) is 4.58. The van der Waals surface area contributed by atoms with Crippen LogP contribution in [-0.2, 0) is 0 Å². The van der Waals surface area contributed by atoms with Gasteiger partial charge in [-0.15, -0.1) is 11.3 Å². The summed E-state index contributed by atoms with van der Waals surface area (Å²) in [7, 11) is 0. The second-order valence-electron chi connectivity index (χ2n) is 6.39. The molecule has 2 aromatic carbocycles. The van der Waals surface area contributed by atoms with Crippen LogP contribution in [0.4, 0.5) is 4.39 Å². The SMILES string of the molecule is CCCOc1ccc2c(sc3cc(OC4CCCC4)ccc32)c1F. The second kappa shape index (κ2) is 6.60. The van der Waals surface area contributed by atoms with E-state index in [0.717, 1.165) is 40.5 Å². The molecule has 1 heterocycles. The molecule has 4 rings (SSSR count). The van der Waals surface area contributed by atoms with E-state index in [1.54, 1.807) is 6.07 Å². The lowest BCUT2D eigenvalue weighted by Gasteiger charge is -2.12. The Morgan fingerprint density at radius 1 is 1.12 bits per heavy atom. The Hall–Kier alpha value is -1.81. The Morgan fingerprint density at radius 2 is 1.92 bits per heavy atom. The fraction of sp³-hybridized carbons (Fsp3) is 0.400. The Labute approximate surface area is 145 Å². The van der Waals surface area contributed by atoms with Crippen LogP contribution in [-0.4, -0.2) is 12.7 Å². The topological polar surface area (TPSA) is 18.5 Å². The van der Waals surface area contributed by atoms with E-state index in [4.69, 9.17) is 9.47 Å². The van der Waals surface area contributed by atoms with Crippen molar-refractivity contribution in [2.45, 2.75) is 45.1 Å². The first-order valence-corrected chi connectivity index (χ1v) is 9.52. The summed E-state index contributed by atoms with van der Waals surface area (Å²) in [4.78, 5) is 0. The zero-order valence-corrected chi connectivity index (χ0v) is 14.6. The molecule has 1 aliphatic rings. The number of halogens is 1. The fourth-order valence-corrected chi connectivity index (χ4v) is 4.53. The van der Waals surface area contributed by atoms with Gasteiger partial charge in [-0.25, -0.2) is 4.39 Å². The lowest BCUT2D eigenvalue weighted by molar-refractivity contribution is 0.210. The maximum Gasteiger partial charge on any atom is 0.182 e. The van der Waals surface area contributed by atoms with E-state index < -0.39 is 0 Å². The number of hydrogen-bond acceptors (Lipinski definition) is 3. The molecule has 0 bridgehead atoms. The van der Waals surface area contributed by atoms with Gasteiger partial charge in [0.05, 0.1) is 17.4 Å². The van der Waals surface area contributed by atoms with Crippen LogP contribution in [0.3, 0.4) is 0 Å². The van der Waals surface area contributed by atoms with E-state index in [1.807, 2.05) is 31.2 Å². The normalized spacial score (nSPS) is 15.4. The Kier molecular flexibility index (Phi) is 4.31. The number of fused-ring (bicyclic) bond motifs is 3. The highest BCUT2D eigenvalue weighted by Gasteiger charge is 2.18. The molecule has 0 N–H and O–H groups in total. The zero-order chi connectivity index (χ0) is 16.5. The van der Waals surface area contributed by atoms with Crippen LogP contribution >= 0.6 is 11.3 Å². The minimum atomic E-state index is -0.250. The number of hydrogen-bond donors (Lipinski definition) is 0. The van der Waals surface area contributed by atoms with Crippen molar-refractivity contribution in [3.05, 3.63) is 36.1 Å². The number of benzene rings is 2. The van der Waals surface area contributed by atoms with Gasteiger partial charge in [-0.1, -0.05) is 6.92 Å². The number of thiophene rings is 1. The summed E-state index contributed by atoms with van der Waals surface area (Å²) in [5.74, 6) is 0.988. The van der Waals surface area contributed by atoms with E-state index in [0.29, 0.717) is 23.2 Å². The van der Waals surface area contributed by atoms with Gasteiger partial charge in [0.2, 0.25) is 0 Å². The van der Waals surface area contributed by atoms with Crippen LogP contribution in [0.15, 0.2) is 30.3 Å². The lowest BCUT2D eigenvalue weighted by atomic mass is 10.1. The predicted molar refractivity (Wildman–Crippen MR) is 98.0 cm³/mol. The molecule has 1 aromatic heterocycles. The zero-order valence-electron chi connectivity index (χ0n) is 13.8. The summed E-state index contributed by atoms with van der Waals surface area (Å²) in [5, 5.41) is 2.03. The van der Waals surface area contributed by atoms with Crippen LogP contribution in [0.25, 0.3) is 20.2 Å². The van der Waals surface area contributed by atoms with Crippen molar-refractivity contribution in [2.24, 2.45) is 0 Å². The van der Waals surface area contributed by atoms with Gasteiger partial charge in [0.1, 0.15) is 5.75 Å². The molecule has 1 saturated carbocycles. The highest BCUT2D eigenvalue weighted by Crippen LogP contribution is 2.40. The molecule has 24 heavy (non-hydrogen) atoms. The third-order valence-corrected chi connectivity index (χ3v) is 5.74. The summed E-state index contributed by atoms with van der Waals surface area (Å²) in [6.45, 7) is 2.55. The number of rotatable bonds is 5. The standard InChI is InChI=1S/C20H21FO2S/c1-2-11-22-17-10-9-16-15-8-7-14(23-13-5-3-4-6-13)12-18(15)24-20(16)19(17)21/h7-10,12-13H,2-6,11H2,1H3. The van der Waals surface area contributed by atoms with Crippen molar-refractivity contribution >= 4 is 31.5 Å². The number of ether oxygens (including phenoxy) is 2. The van der Waals surface area contributed by atoms with Gasteiger partial charge in [0.25, 0.3) is 0 Å². The highest BCUT2D eigenvalue weighted by atomic mass is 32.1. The minimum absolute atomic E-state index is 0.250. The average Bonchev–Trinajstić information content (AvgIpc) is 3.22. The first kappa shape index (κ1) is 15.7. The molecule has 3 aromatic rings. The van der Waals surface area contributed by atoms with Crippen molar-refractivity contribution in [1.29, 1.82) is 0 Å². The van der Waals surface area contributed by atoms with E-state index in [1.165, 1.54) is 24.2 Å². The smallest absolute Gasteiger partial charge is 0.182 e. The monoisotopic (exact) mass is 344 g/mol. The Balaban J connectivity index is 1.71. The van der Waals surface area contributed by atoms with Crippen molar-refractivity contribution in [1.82, 2.24) is 0 Å². The summed E-state index contributed by atoms with van der Waals surface area (Å²) in [5.41, 5.74) is 0. The van der Waals surface area contributed by atoms with E-state index in [9.17, 15) is 4.39 Å². The molecule has 4 heteroatoms. The maximum absolute atomic E-state index is 14.7. The molecule has 0 aliphatic heterocycles. The summed E-state index contributed by atoms with van der Waals surface area (Å²) in [6.07, 6.45) is 5.98. The van der Waals surface area contributed by atoms with Gasteiger partial charge in [0.15, 0.2) is 11.6 Å². The van der Waals surface area contributed by atoms with E-state index >= 15 is 0 Å². The summed E-state index contributed by atoms with van der Waals surface area (Å²) >= 11 is 1.47. The molecule has 0 saturated heterocycles. The first-order valence-electron chi connectivity index (χ1n) is 8.70. The molecule has 0 amide bonds. The molecule has 2 nitrogen and oxygen atoms in total. The summed E-state index contributed by atoms with van der Waals surface area (Å²) in [6, 6.07) is 9.79. The van der Waals surface area contributed by atoms with Gasteiger partial charge in [-0.2, -0.15) is 0 Å². The summed E-state index contributed by atoms with van der Waals surface area (Å²) < 4.78 is 28.0. The van der Waals surface area contributed by atoms with Crippen molar-refractivity contribution in [3.8, 4) is 11.5 Å². The van der Waals surface area contributed by atoms with Crippen LogP contribution in [0.1, 0.15) is 39.0 Å². The Morgan fingerprint density at radius 3 is 2.71 bits per heavy atom. The minimum Gasteiger partial charge on any atom is -0.490 e. The Bertz CT molecular complexity index is 865. The molecule has 1 fully saturated rings. The molecule has 1 aliphatic carbocycles. The quantitative estimate of drug-likeness (QED) is 0.540. The van der Waals surface area contributed by atoms with E-state index in [-0.39, 0.29) is 5.82 Å². The van der Waals surface area contributed by atoms with Crippen molar-refractivity contribution in [3.63, 3.8) is 0 Å². The van der Waals surface area contributed by atoms with Crippen molar-refractivity contribution < 1.29 is 13.9 Å². The highest BCUT2D eigenvalue weighted by molar-refractivity contribution is 7.25. The van der Waals surface area contributed by atoms with Gasteiger partial charge in [0, 0.05) is 15.5 Å². The van der Waals surface area contributed by atoms with Crippen LogP contribution in [0.2, 0.25) is 0 Å². The van der Waals surface area contributed by atoms with Crippen LogP contribution in [0.5, 0.6) is 11.5 Å². The van der Waals surface area contributed by atoms with Gasteiger partial charge < -0.3 is 9.47 Å². The van der Waals surface area contributed by atoms with Gasteiger partial charge >= 0.3 is 0 Å². The fourth-order valence-electron chi connectivity index (χ4n) is 3.36. The van der Waals surface area contributed by atoms with Gasteiger partial charge in [-0.3, -0.25) is 0 Å². The lowest BCUT2D eigenvalue weighted by Crippen LogP contribution is -2.10. The van der Waals surface area contributed by atoms with E-state index in [2.05, 4.69) is 0 Å². The molecule has 0 spiro atoms. The predicted octanol–water partition coefficient (Wildman–Crippen LogP) is 6.30. The van der Waals surface area contributed by atoms with Crippen molar-refractivity contribution in [2.75, 3.05) is 6.61 Å². The van der Waals surface area contributed by atoms with Crippen LogP contribution < -0.4 is 9.47 Å². The second-order valence-corrected chi connectivity index (χ2v) is 7.44. The largest absolute Gasteiger partial charge is 0.490 e. The third kappa shape index (κ3) is 2.84. The molecule has 0 unspecified atom stereocenters. The molecule has 0 radical (unpaired) electrons. The molecule has 126 valence electrons. The maximum atomic E-state index is 14.7. The van der Waals surface area contributed by atoms with Crippen LogP contribution in [0, 0.1) is 5.82 Å². The van der Waals surface area contributed by atoms with Gasteiger partial charge in [-0.05, 0) is 62.4 Å². The molecular weight excluding hydrogens is 323 g/mol. The average molecular weight is 344 g/mol. The first-order chi connectivity index (χ1) is 11.8. The molecule has 0 atom stereocenters.